The molecule has 0 aliphatic carbocycles. The Balaban J connectivity index is 2.06. The minimum absolute atomic E-state index is 0.0298. The highest BCUT2D eigenvalue weighted by molar-refractivity contribution is 6.27. The van der Waals surface area contributed by atoms with Gasteiger partial charge in [0.15, 0.2) is 0 Å². The first-order chi connectivity index (χ1) is 9.96. The van der Waals surface area contributed by atoms with Gasteiger partial charge in [0.25, 0.3) is 0 Å². The third-order valence-corrected chi connectivity index (χ3v) is 4.33. The van der Waals surface area contributed by atoms with Gasteiger partial charge in [0.2, 0.25) is 5.91 Å². The summed E-state index contributed by atoms with van der Waals surface area (Å²) in [5.74, 6) is 0.677. The normalized spacial score (nSPS) is 20.7. The van der Waals surface area contributed by atoms with Crippen molar-refractivity contribution in [2.45, 2.75) is 46.3 Å². The molecule has 0 bridgehead atoms. The van der Waals surface area contributed by atoms with E-state index >= 15 is 0 Å². The molecule has 1 fully saturated rings. The lowest BCUT2D eigenvalue weighted by Crippen LogP contribution is -2.42. The molecule has 0 saturated carbocycles. The van der Waals surface area contributed by atoms with Gasteiger partial charge in [0.05, 0.1) is 12.6 Å². The quantitative estimate of drug-likeness (QED) is 0.757. The van der Waals surface area contributed by atoms with Crippen molar-refractivity contribution in [3.05, 3.63) is 17.5 Å². The van der Waals surface area contributed by atoms with E-state index in [0.717, 1.165) is 30.9 Å². The molecule has 1 aliphatic rings. The highest BCUT2D eigenvalue weighted by Gasteiger charge is 2.37. The topological polar surface area (TPSA) is 55.6 Å². The van der Waals surface area contributed by atoms with Crippen molar-refractivity contribution in [3.8, 4) is 0 Å². The van der Waals surface area contributed by atoms with E-state index < -0.39 is 0 Å². The Hall–Kier alpha value is -1.07. The van der Waals surface area contributed by atoms with Crippen LogP contribution in [0.15, 0.2) is 10.6 Å². The Bertz CT molecular complexity index is 487. The van der Waals surface area contributed by atoms with Crippen molar-refractivity contribution in [1.29, 1.82) is 0 Å². The molecule has 2 heterocycles. The predicted octanol–water partition coefficient (Wildman–Crippen LogP) is 2.62. The Morgan fingerprint density at radius 1 is 1.57 bits per heavy atom. The summed E-state index contributed by atoms with van der Waals surface area (Å²) in [4.78, 5) is 13.8. The molecule has 2 rings (SSSR count). The van der Waals surface area contributed by atoms with Crippen molar-refractivity contribution in [2.24, 2.45) is 5.41 Å². The molecule has 1 aromatic rings. The van der Waals surface area contributed by atoms with Crippen molar-refractivity contribution >= 4 is 17.5 Å². The van der Waals surface area contributed by atoms with E-state index in [1.54, 1.807) is 4.90 Å². The lowest BCUT2D eigenvalue weighted by atomic mass is 9.85. The van der Waals surface area contributed by atoms with Gasteiger partial charge in [-0.1, -0.05) is 25.9 Å². The van der Waals surface area contributed by atoms with Crippen LogP contribution in [0, 0.1) is 5.41 Å². The van der Waals surface area contributed by atoms with Crippen molar-refractivity contribution < 1.29 is 14.1 Å². The summed E-state index contributed by atoms with van der Waals surface area (Å²) in [6.45, 7) is 8.02. The first-order valence-corrected chi connectivity index (χ1v) is 7.89. The molecule has 5 nitrogen and oxygen atoms in total. The molecular formula is C15H23ClN2O3. The second-order valence-electron chi connectivity index (χ2n) is 6.14. The fourth-order valence-corrected chi connectivity index (χ4v) is 2.65. The van der Waals surface area contributed by atoms with Gasteiger partial charge in [-0.05, 0) is 11.8 Å². The van der Waals surface area contributed by atoms with E-state index in [1.807, 2.05) is 13.0 Å². The van der Waals surface area contributed by atoms with Crippen LogP contribution in [0.25, 0.3) is 0 Å². The van der Waals surface area contributed by atoms with Gasteiger partial charge in [0.1, 0.15) is 17.3 Å². The van der Waals surface area contributed by atoms with Crippen LogP contribution >= 0.6 is 11.6 Å². The number of amides is 1. The molecule has 1 unspecified atom stereocenters. The second-order valence-corrected chi connectivity index (χ2v) is 6.41. The summed E-state index contributed by atoms with van der Waals surface area (Å²) >= 11 is 5.73. The zero-order chi connectivity index (χ0) is 15.5. The van der Waals surface area contributed by atoms with Gasteiger partial charge in [-0.3, -0.25) is 4.79 Å². The number of carbonyl (C=O) groups excluding carboxylic acids is 1. The monoisotopic (exact) mass is 314 g/mol. The smallest absolute Gasteiger partial charge is 0.237 e. The average Bonchev–Trinajstić information content (AvgIpc) is 3.04. The van der Waals surface area contributed by atoms with Crippen LogP contribution in [-0.4, -0.2) is 41.1 Å². The Morgan fingerprint density at radius 2 is 2.33 bits per heavy atom. The van der Waals surface area contributed by atoms with Crippen LogP contribution in [0.5, 0.6) is 0 Å². The van der Waals surface area contributed by atoms with E-state index in [2.05, 4.69) is 19.0 Å². The zero-order valence-corrected chi connectivity index (χ0v) is 13.7. The number of halogens is 1. The zero-order valence-electron chi connectivity index (χ0n) is 12.9. The molecule has 0 radical (unpaired) electrons. The highest BCUT2D eigenvalue weighted by atomic mass is 35.5. The predicted molar refractivity (Wildman–Crippen MR) is 80.2 cm³/mol. The number of ether oxygens (including phenoxy) is 1. The summed E-state index contributed by atoms with van der Waals surface area (Å²) in [5, 5.41) is 4.00. The molecule has 6 heteroatoms. The van der Waals surface area contributed by atoms with E-state index in [1.165, 1.54) is 0 Å². The maximum atomic E-state index is 12.1. The molecule has 1 saturated heterocycles. The first-order valence-electron chi connectivity index (χ1n) is 7.36. The lowest BCUT2D eigenvalue weighted by molar-refractivity contribution is -0.131. The second kappa shape index (κ2) is 6.79. The molecule has 0 aromatic carbocycles. The summed E-state index contributed by atoms with van der Waals surface area (Å²) in [7, 11) is 0. The number of alkyl halides is 1. The Labute approximate surface area is 130 Å². The molecule has 1 amide bonds. The highest BCUT2D eigenvalue weighted by Crippen LogP contribution is 2.34. The number of hydrogen-bond acceptors (Lipinski definition) is 4. The number of aryl methyl sites for hydroxylation is 1. The van der Waals surface area contributed by atoms with Gasteiger partial charge in [-0.2, -0.15) is 0 Å². The van der Waals surface area contributed by atoms with Crippen LogP contribution in [0.1, 0.15) is 38.6 Å². The average molecular weight is 315 g/mol. The fourth-order valence-electron chi connectivity index (χ4n) is 2.48. The summed E-state index contributed by atoms with van der Waals surface area (Å²) in [5.41, 5.74) is 0.824. The number of carbonyl (C=O) groups is 1. The van der Waals surface area contributed by atoms with Crippen LogP contribution in [0.3, 0.4) is 0 Å². The summed E-state index contributed by atoms with van der Waals surface area (Å²) < 4.78 is 11.0. The van der Waals surface area contributed by atoms with Crippen molar-refractivity contribution in [1.82, 2.24) is 10.1 Å². The first kappa shape index (κ1) is 16.3. The summed E-state index contributed by atoms with van der Waals surface area (Å²) in [6, 6.07) is 1.88. The SMILES string of the molecule is CCc1cc(CN(CC2OCCC2(C)C)C(=O)CCl)no1. The molecule has 21 heavy (non-hydrogen) atoms. The van der Waals surface area contributed by atoms with Gasteiger partial charge >= 0.3 is 0 Å². The number of nitrogens with zero attached hydrogens (tertiary/aromatic N) is 2. The Kier molecular flexibility index (Phi) is 5.27. The van der Waals surface area contributed by atoms with Crippen LogP contribution < -0.4 is 0 Å². The van der Waals surface area contributed by atoms with Gasteiger partial charge < -0.3 is 14.2 Å². The van der Waals surface area contributed by atoms with Gasteiger partial charge in [-0.15, -0.1) is 11.6 Å². The standard InChI is InChI=1S/C15H23ClN2O3/c1-4-12-7-11(17-21-12)9-18(14(19)8-16)10-13-15(2,3)5-6-20-13/h7,13H,4-6,8-10H2,1-3H3. The lowest BCUT2D eigenvalue weighted by Gasteiger charge is -2.31. The van der Waals surface area contributed by atoms with Gasteiger partial charge in [-0.25, -0.2) is 0 Å². The van der Waals surface area contributed by atoms with E-state index in [0.29, 0.717) is 13.1 Å². The van der Waals surface area contributed by atoms with Crippen molar-refractivity contribution in [2.75, 3.05) is 19.0 Å². The van der Waals surface area contributed by atoms with E-state index in [-0.39, 0.29) is 23.3 Å². The Morgan fingerprint density at radius 3 is 2.86 bits per heavy atom. The molecule has 0 spiro atoms. The third-order valence-electron chi connectivity index (χ3n) is 4.10. The van der Waals surface area contributed by atoms with Gasteiger partial charge in [0, 0.05) is 25.6 Å². The van der Waals surface area contributed by atoms with E-state index in [4.69, 9.17) is 20.9 Å². The molecule has 1 aromatic heterocycles. The molecule has 1 aliphatic heterocycles. The summed E-state index contributed by atoms with van der Waals surface area (Å²) in [6.07, 6.45) is 1.82. The van der Waals surface area contributed by atoms with E-state index in [9.17, 15) is 4.79 Å². The maximum Gasteiger partial charge on any atom is 0.237 e. The largest absolute Gasteiger partial charge is 0.376 e. The maximum absolute atomic E-state index is 12.1. The van der Waals surface area contributed by atoms with Crippen LogP contribution in [-0.2, 0) is 22.5 Å². The minimum Gasteiger partial charge on any atom is -0.376 e. The fraction of sp³-hybridized carbons (Fsp3) is 0.733. The molecule has 1 atom stereocenters. The number of aromatic nitrogens is 1. The number of rotatable bonds is 6. The molecule has 0 N–H and O–H groups in total. The number of hydrogen-bond donors (Lipinski definition) is 0. The van der Waals surface area contributed by atoms with Crippen LogP contribution in [0.2, 0.25) is 0 Å². The van der Waals surface area contributed by atoms with Crippen molar-refractivity contribution in [3.63, 3.8) is 0 Å². The minimum atomic E-state index is -0.107. The third kappa shape index (κ3) is 3.98. The van der Waals surface area contributed by atoms with Crippen LogP contribution in [0.4, 0.5) is 0 Å². The molecule has 118 valence electrons. The molecular weight excluding hydrogens is 292 g/mol.